The second kappa shape index (κ2) is 9.64. The van der Waals surface area contributed by atoms with E-state index in [2.05, 4.69) is 13.0 Å². The highest BCUT2D eigenvalue weighted by Gasteiger charge is 2.46. The van der Waals surface area contributed by atoms with Gasteiger partial charge >= 0.3 is 0 Å². The molecule has 4 aromatic rings. The number of fused-ring (bicyclic) bond motifs is 1. The molecule has 0 spiro atoms. The van der Waals surface area contributed by atoms with Gasteiger partial charge in [0.2, 0.25) is 5.78 Å². The number of benzene rings is 2. The number of ether oxygens (including phenoxy) is 1. The molecule has 0 radical (unpaired) electrons. The Balaban J connectivity index is 1.61. The van der Waals surface area contributed by atoms with Crippen LogP contribution < -0.4 is 9.64 Å². The van der Waals surface area contributed by atoms with E-state index in [1.807, 2.05) is 43.3 Å². The maximum atomic E-state index is 13.5. The molecular weight excluding hydrogens is 480 g/mol. The number of carbonyl (C=O) groups excluding carboxylic acids is 2. The van der Waals surface area contributed by atoms with Gasteiger partial charge < -0.3 is 9.84 Å². The summed E-state index contributed by atoms with van der Waals surface area (Å²) < 4.78 is 6.65. The van der Waals surface area contributed by atoms with Gasteiger partial charge in [-0.2, -0.15) is 0 Å². The van der Waals surface area contributed by atoms with E-state index in [0.29, 0.717) is 27.9 Å². The SMILES string of the molecule is CCCOc1ccc([C@@H]2C(C(=O)c3cccs3)=C(O)C(=O)N2c2nc3ccc(CC)cc3s2)cc1. The van der Waals surface area contributed by atoms with E-state index < -0.39 is 17.7 Å². The van der Waals surface area contributed by atoms with Crippen molar-refractivity contribution in [1.82, 2.24) is 4.98 Å². The third-order valence-electron chi connectivity index (χ3n) is 5.92. The maximum absolute atomic E-state index is 13.5. The smallest absolute Gasteiger partial charge is 0.296 e. The molecule has 0 unspecified atom stereocenters. The van der Waals surface area contributed by atoms with Gasteiger partial charge in [0.15, 0.2) is 10.9 Å². The fraction of sp³-hybridized carbons (Fsp3) is 0.222. The summed E-state index contributed by atoms with van der Waals surface area (Å²) >= 11 is 2.65. The number of hydrogen-bond acceptors (Lipinski definition) is 7. The zero-order chi connectivity index (χ0) is 24.5. The minimum absolute atomic E-state index is 0.0631. The number of Topliss-reactive ketones (excluding diaryl/α,β-unsaturated/α-hetero) is 1. The van der Waals surface area contributed by atoms with Crippen molar-refractivity contribution in [2.45, 2.75) is 32.7 Å². The molecule has 35 heavy (non-hydrogen) atoms. The topological polar surface area (TPSA) is 79.7 Å². The molecule has 178 valence electrons. The Hall–Kier alpha value is -3.49. The monoisotopic (exact) mass is 504 g/mol. The second-order valence-corrected chi connectivity index (χ2v) is 10.2. The maximum Gasteiger partial charge on any atom is 0.296 e. The zero-order valence-corrected chi connectivity index (χ0v) is 21.0. The normalized spacial score (nSPS) is 15.9. The van der Waals surface area contributed by atoms with Crippen LogP contribution >= 0.6 is 22.7 Å². The van der Waals surface area contributed by atoms with Gasteiger partial charge in [0.05, 0.1) is 33.3 Å². The van der Waals surface area contributed by atoms with Gasteiger partial charge in [0.25, 0.3) is 5.91 Å². The van der Waals surface area contributed by atoms with Gasteiger partial charge in [-0.3, -0.25) is 14.5 Å². The predicted octanol–water partition coefficient (Wildman–Crippen LogP) is 6.49. The Bertz CT molecular complexity index is 1420. The minimum Gasteiger partial charge on any atom is -0.503 e. The molecule has 0 saturated heterocycles. The van der Waals surface area contributed by atoms with E-state index in [4.69, 9.17) is 9.72 Å². The zero-order valence-electron chi connectivity index (χ0n) is 19.4. The summed E-state index contributed by atoms with van der Waals surface area (Å²) in [5, 5.41) is 13.2. The van der Waals surface area contributed by atoms with Crippen LogP contribution in [-0.2, 0) is 11.2 Å². The molecule has 0 aliphatic carbocycles. The van der Waals surface area contributed by atoms with Crippen LogP contribution in [0.2, 0.25) is 0 Å². The molecule has 0 saturated carbocycles. The number of aromatic nitrogens is 1. The highest BCUT2D eigenvalue weighted by atomic mass is 32.1. The number of aryl methyl sites for hydroxylation is 1. The Labute approximate surface area is 211 Å². The standard InChI is InChI=1S/C27H24N2O4S2/c1-3-13-33-18-10-8-17(9-11-18)23-22(24(30)20-6-5-14-34-20)25(31)26(32)29(23)27-28-19-12-7-16(4-2)15-21(19)35-27/h5-12,14-15,23,31H,3-4,13H2,1-2H3/t23-/m1/s1. The predicted molar refractivity (Wildman–Crippen MR) is 140 cm³/mol. The number of thiazole rings is 1. The summed E-state index contributed by atoms with van der Waals surface area (Å²) in [6, 6.07) is 16.0. The molecule has 1 N–H and O–H groups in total. The molecule has 5 rings (SSSR count). The first-order valence-electron chi connectivity index (χ1n) is 11.5. The van der Waals surface area contributed by atoms with Gasteiger partial charge in [0.1, 0.15) is 5.75 Å². The third-order valence-corrected chi connectivity index (χ3v) is 7.81. The van der Waals surface area contributed by atoms with E-state index >= 15 is 0 Å². The van der Waals surface area contributed by atoms with Crippen molar-refractivity contribution >= 4 is 49.7 Å². The lowest BCUT2D eigenvalue weighted by atomic mass is 9.95. The molecule has 1 atom stereocenters. The third kappa shape index (κ3) is 4.24. The fourth-order valence-corrected chi connectivity index (χ4v) is 5.87. The average molecular weight is 505 g/mol. The van der Waals surface area contributed by atoms with Crippen LogP contribution in [0.25, 0.3) is 10.2 Å². The summed E-state index contributed by atoms with van der Waals surface area (Å²) in [6.07, 6.45) is 1.78. The quantitative estimate of drug-likeness (QED) is 0.277. The number of nitrogens with zero attached hydrogens (tertiary/aromatic N) is 2. The van der Waals surface area contributed by atoms with Crippen molar-refractivity contribution in [3.63, 3.8) is 0 Å². The fourth-order valence-electron chi connectivity index (χ4n) is 4.14. The Morgan fingerprint density at radius 1 is 1.14 bits per heavy atom. The second-order valence-electron chi connectivity index (χ2n) is 8.22. The number of thiophene rings is 1. The van der Waals surface area contributed by atoms with Crippen molar-refractivity contribution < 1.29 is 19.4 Å². The molecule has 1 aliphatic heterocycles. The lowest BCUT2D eigenvalue weighted by molar-refractivity contribution is -0.117. The van der Waals surface area contributed by atoms with Gasteiger partial charge in [-0.1, -0.05) is 49.4 Å². The summed E-state index contributed by atoms with van der Waals surface area (Å²) in [4.78, 5) is 33.5. The van der Waals surface area contributed by atoms with E-state index in [-0.39, 0.29) is 11.4 Å². The molecule has 8 heteroatoms. The van der Waals surface area contributed by atoms with Crippen molar-refractivity contribution in [2.24, 2.45) is 0 Å². The lowest BCUT2D eigenvalue weighted by Crippen LogP contribution is -2.30. The van der Waals surface area contributed by atoms with Gasteiger partial charge in [-0.15, -0.1) is 11.3 Å². The largest absolute Gasteiger partial charge is 0.503 e. The summed E-state index contributed by atoms with van der Waals surface area (Å²) in [6.45, 7) is 4.72. The Kier molecular flexibility index (Phi) is 6.40. The number of rotatable bonds is 8. The number of ketones is 1. The van der Waals surface area contributed by atoms with Crippen LogP contribution in [0, 0.1) is 0 Å². The number of hydrogen-bond donors (Lipinski definition) is 1. The molecule has 2 aromatic heterocycles. The summed E-state index contributed by atoms with van der Waals surface area (Å²) in [7, 11) is 0. The number of carbonyl (C=O) groups is 2. The highest BCUT2D eigenvalue weighted by molar-refractivity contribution is 7.22. The van der Waals surface area contributed by atoms with E-state index in [1.165, 1.54) is 33.1 Å². The van der Waals surface area contributed by atoms with Crippen LogP contribution in [0.5, 0.6) is 5.75 Å². The molecule has 3 heterocycles. The molecular formula is C27H24N2O4S2. The average Bonchev–Trinajstić information content (AvgIpc) is 3.61. The van der Waals surface area contributed by atoms with Gasteiger partial charge in [-0.25, -0.2) is 4.98 Å². The van der Waals surface area contributed by atoms with Crippen molar-refractivity contribution in [3.8, 4) is 5.75 Å². The van der Waals surface area contributed by atoms with Crippen molar-refractivity contribution in [1.29, 1.82) is 0 Å². The molecule has 1 amide bonds. The molecule has 2 aromatic carbocycles. The van der Waals surface area contributed by atoms with Crippen LogP contribution in [0.15, 0.2) is 71.3 Å². The van der Waals surface area contributed by atoms with Crippen LogP contribution in [0.3, 0.4) is 0 Å². The highest BCUT2D eigenvalue weighted by Crippen LogP contribution is 2.44. The van der Waals surface area contributed by atoms with E-state index in [0.717, 1.165) is 23.1 Å². The first-order valence-corrected chi connectivity index (χ1v) is 13.2. The summed E-state index contributed by atoms with van der Waals surface area (Å²) in [5.41, 5.74) is 2.71. The number of aliphatic hydroxyl groups is 1. The number of amides is 1. The Morgan fingerprint density at radius 3 is 2.63 bits per heavy atom. The van der Waals surface area contributed by atoms with Crippen LogP contribution in [0.1, 0.15) is 47.1 Å². The summed E-state index contributed by atoms with van der Waals surface area (Å²) in [5.74, 6) is -0.818. The van der Waals surface area contributed by atoms with Crippen molar-refractivity contribution in [2.75, 3.05) is 11.5 Å². The van der Waals surface area contributed by atoms with Crippen molar-refractivity contribution in [3.05, 3.63) is 87.3 Å². The first kappa shape index (κ1) is 23.3. The Morgan fingerprint density at radius 2 is 1.94 bits per heavy atom. The van der Waals surface area contributed by atoms with Crippen LogP contribution in [-0.4, -0.2) is 28.4 Å². The molecule has 0 bridgehead atoms. The minimum atomic E-state index is -0.802. The molecule has 6 nitrogen and oxygen atoms in total. The van der Waals surface area contributed by atoms with E-state index in [1.54, 1.807) is 17.5 Å². The molecule has 1 aliphatic rings. The molecule has 0 fully saturated rings. The van der Waals surface area contributed by atoms with Gasteiger partial charge in [-0.05, 0) is 59.7 Å². The van der Waals surface area contributed by atoms with Gasteiger partial charge in [0, 0.05) is 0 Å². The number of aliphatic hydroxyl groups excluding tert-OH is 1. The number of anilines is 1. The lowest BCUT2D eigenvalue weighted by Gasteiger charge is -2.24. The van der Waals surface area contributed by atoms with Crippen LogP contribution in [0.4, 0.5) is 5.13 Å². The van der Waals surface area contributed by atoms with E-state index in [9.17, 15) is 14.7 Å². The first-order chi connectivity index (χ1) is 17.0.